The summed E-state index contributed by atoms with van der Waals surface area (Å²) < 4.78 is 5.45. The second-order valence-electron chi connectivity index (χ2n) is 3.91. The Morgan fingerprint density at radius 1 is 1.24 bits per heavy atom. The third-order valence-electron chi connectivity index (χ3n) is 2.45. The average Bonchev–Trinajstić information content (AvgIpc) is 2.80. The van der Waals surface area contributed by atoms with E-state index in [-0.39, 0.29) is 0 Å². The van der Waals surface area contributed by atoms with E-state index in [0.29, 0.717) is 6.04 Å². The molecule has 0 aromatic carbocycles. The van der Waals surface area contributed by atoms with Gasteiger partial charge in [-0.05, 0) is 19.4 Å². The molecule has 0 radical (unpaired) electrons. The van der Waals surface area contributed by atoms with Gasteiger partial charge in [0, 0.05) is 13.0 Å². The van der Waals surface area contributed by atoms with Gasteiger partial charge in [-0.25, -0.2) is 0 Å². The zero-order valence-corrected chi connectivity index (χ0v) is 11.8. The van der Waals surface area contributed by atoms with Gasteiger partial charge in [-0.15, -0.1) is 10.2 Å². The largest absolute Gasteiger partial charge is 0.381 e. The summed E-state index contributed by atoms with van der Waals surface area (Å²) in [6.45, 7) is 8.95. The Bertz CT molecular complexity index is 304. The van der Waals surface area contributed by atoms with Gasteiger partial charge in [-0.2, -0.15) is 0 Å². The third kappa shape index (κ3) is 5.10. The topological polar surface area (TPSA) is 47.0 Å². The Balaban J connectivity index is 2.40. The second-order valence-corrected chi connectivity index (χ2v) is 5.01. The van der Waals surface area contributed by atoms with Crippen LogP contribution in [0.25, 0.3) is 0 Å². The lowest BCUT2D eigenvalue weighted by Gasteiger charge is -2.10. The Labute approximate surface area is 108 Å². The van der Waals surface area contributed by atoms with Gasteiger partial charge < -0.3 is 10.1 Å². The molecule has 1 atom stereocenters. The van der Waals surface area contributed by atoms with Crippen LogP contribution in [0, 0.1) is 0 Å². The highest BCUT2D eigenvalue weighted by molar-refractivity contribution is 7.11. The molecule has 0 fully saturated rings. The highest BCUT2D eigenvalue weighted by Crippen LogP contribution is 2.20. The Kier molecular flexibility index (Phi) is 7.32. The minimum absolute atomic E-state index is 0.350. The molecule has 1 N–H and O–H groups in total. The van der Waals surface area contributed by atoms with E-state index in [2.05, 4.69) is 36.3 Å². The number of hydrogen-bond donors (Lipinski definition) is 1. The fourth-order valence-corrected chi connectivity index (χ4v) is 2.55. The molecule has 0 saturated heterocycles. The number of hydrogen-bond acceptors (Lipinski definition) is 5. The summed E-state index contributed by atoms with van der Waals surface area (Å²) >= 11 is 1.70. The minimum atomic E-state index is 0.350. The summed E-state index contributed by atoms with van der Waals surface area (Å²) in [4.78, 5) is 0. The van der Waals surface area contributed by atoms with E-state index in [0.717, 1.165) is 49.0 Å². The van der Waals surface area contributed by atoms with Crippen LogP contribution in [0.15, 0.2) is 0 Å². The summed E-state index contributed by atoms with van der Waals surface area (Å²) in [5, 5.41) is 14.1. The van der Waals surface area contributed by atoms with Gasteiger partial charge in [0.15, 0.2) is 0 Å². The van der Waals surface area contributed by atoms with E-state index in [1.807, 2.05) is 0 Å². The van der Waals surface area contributed by atoms with Crippen molar-refractivity contribution in [2.75, 3.05) is 19.8 Å². The highest BCUT2D eigenvalue weighted by atomic mass is 32.1. The first-order chi connectivity index (χ1) is 8.31. The molecule has 0 aliphatic heterocycles. The normalized spacial score (nSPS) is 12.9. The Hall–Kier alpha value is -0.520. The summed E-state index contributed by atoms with van der Waals surface area (Å²) in [6.07, 6.45) is 2.99. The lowest BCUT2D eigenvalue weighted by Crippen LogP contribution is -2.19. The molecule has 0 aliphatic rings. The van der Waals surface area contributed by atoms with Gasteiger partial charge >= 0.3 is 0 Å². The third-order valence-corrected chi connectivity index (χ3v) is 3.54. The Morgan fingerprint density at radius 3 is 2.71 bits per heavy atom. The van der Waals surface area contributed by atoms with Crippen molar-refractivity contribution in [3.05, 3.63) is 10.0 Å². The highest BCUT2D eigenvalue weighted by Gasteiger charge is 2.13. The van der Waals surface area contributed by atoms with E-state index in [4.69, 9.17) is 4.74 Å². The lowest BCUT2D eigenvalue weighted by molar-refractivity contribution is 0.138. The predicted molar refractivity (Wildman–Crippen MR) is 71.4 cm³/mol. The van der Waals surface area contributed by atoms with Crippen molar-refractivity contribution in [3.63, 3.8) is 0 Å². The zero-order chi connectivity index (χ0) is 12.5. The summed E-state index contributed by atoms with van der Waals surface area (Å²) in [5.41, 5.74) is 0. The number of ether oxygens (including phenoxy) is 1. The molecule has 1 aromatic rings. The van der Waals surface area contributed by atoms with E-state index in [1.165, 1.54) is 0 Å². The van der Waals surface area contributed by atoms with Crippen molar-refractivity contribution in [3.8, 4) is 0 Å². The van der Waals surface area contributed by atoms with Crippen LogP contribution in [0.1, 0.15) is 49.7 Å². The molecular formula is C12H23N3OS. The predicted octanol–water partition coefficient (Wildman–Crippen LogP) is 2.57. The van der Waals surface area contributed by atoms with Crippen LogP contribution in [-0.4, -0.2) is 30.0 Å². The van der Waals surface area contributed by atoms with Crippen LogP contribution >= 0.6 is 11.3 Å². The van der Waals surface area contributed by atoms with Crippen molar-refractivity contribution < 1.29 is 4.74 Å². The van der Waals surface area contributed by atoms with E-state index in [1.54, 1.807) is 11.3 Å². The van der Waals surface area contributed by atoms with Crippen LogP contribution in [0.4, 0.5) is 0 Å². The SMILES string of the molecule is CCCOCCc1nnc(C(CC)NCC)s1. The van der Waals surface area contributed by atoms with Crippen molar-refractivity contribution >= 4 is 11.3 Å². The van der Waals surface area contributed by atoms with Crippen LogP contribution in [0.5, 0.6) is 0 Å². The number of aromatic nitrogens is 2. The van der Waals surface area contributed by atoms with Crippen molar-refractivity contribution in [1.82, 2.24) is 15.5 Å². The van der Waals surface area contributed by atoms with Gasteiger partial charge in [0.05, 0.1) is 12.6 Å². The summed E-state index contributed by atoms with van der Waals surface area (Å²) in [7, 11) is 0. The first kappa shape index (κ1) is 14.5. The molecular weight excluding hydrogens is 234 g/mol. The first-order valence-electron chi connectivity index (χ1n) is 6.45. The smallest absolute Gasteiger partial charge is 0.134 e. The molecule has 4 nitrogen and oxygen atoms in total. The Morgan fingerprint density at radius 2 is 2.06 bits per heavy atom. The quantitative estimate of drug-likeness (QED) is 0.691. The van der Waals surface area contributed by atoms with Crippen molar-refractivity contribution in [2.45, 2.75) is 46.1 Å². The maximum atomic E-state index is 5.45. The molecule has 0 amide bonds. The molecule has 17 heavy (non-hydrogen) atoms. The molecule has 0 aliphatic carbocycles. The average molecular weight is 257 g/mol. The molecule has 0 bridgehead atoms. The molecule has 1 rings (SSSR count). The molecule has 0 saturated carbocycles. The fraction of sp³-hybridized carbons (Fsp3) is 0.833. The summed E-state index contributed by atoms with van der Waals surface area (Å²) in [6, 6.07) is 0.350. The first-order valence-corrected chi connectivity index (χ1v) is 7.26. The van der Waals surface area contributed by atoms with Gasteiger partial charge in [0.25, 0.3) is 0 Å². The van der Waals surface area contributed by atoms with Crippen molar-refractivity contribution in [2.24, 2.45) is 0 Å². The number of nitrogens with zero attached hydrogens (tertiary/aromatic N) is 2. The minimum Gasteiger partial charge on any atom is -0.381 e. The number of rotatable bonds is 9. The summed E-state index contributed by atoms with van der Waals surface area (Å²) in [5.74, 6) is 0. The maximum Gasteiger partial charge on any atom is 0.134 e. The van der Waals surface area contributed by atoms with Crippen LogP contribution in [0.3, 0.4) is 0 Å². The van der Waals surface area contributed by atoms with Crippen LogP contribution in [-0.2, 0) is 11.2 Å². The van der Waals surface area contributed by atoms with E-state index >= 15 is 0 Å². The standard InChI is InChI=1S/C12H23N3OS/c1-4-8-16-9-7-11-14-15-12(17-11)10(5-2)13-6-3/h10,13H,4-9H2,1-3H3. The lowest BCUT2D eigenvalue weighted by atomic mass is 10.2. The van der Waals surface area contributed by atoms with E-state index < -0.39 is 0 Å². The molecule has 1 aromatic heterocycles. The van der Waals surface area contributed by atoms with Crippen molar-refractivity contribution in [1.29, 1.82) is 0 Å². The molecule has 5 heteroatoms. The number of nitrogens with one attached hydrogen (secondary N) is 1. The molecule has 98 valence electrons. The van der Waals surface area contributed by atoms with Gasteiger partial charge in [0.1, 0.15) is 10.0 Å². The molecule has 1 unspecified atom stereocenters. The van der Waals surface area contributed by atoms with Gasteiger partial charge in [-0.3, -0.25) is 0 Å². The monoisotopic (exact) mass is 257 g/mol. The zero-order valence-electron chi connectivity index (χ0n) is 11.0. The fourth-order valence-electron chi connectivity index (χ4n) is 1.57. The van der Waals surface area contributed by atoms with Gasteiger partial charge in [-0.1, -0.05) is 32.1 Å². The van der Waals surface area contributed by atoms with E-state index in [9.17, 15) is 0 Å². The van der Waals surface area contributed by atoms with Crippen LogP contribution in [0.2, 0.25) is 0 Å². The van der Waals surface area contributed by atoms with Gasteiger partial charge in [0.2, 0.25) is 0 Å². The molecule has 1 heterocycles. The maximum absolute atomic E-state index is 5.45. The van der Waals surface area contributed by atoms with Crippen LogP contribution < -0.4 is 5.32 Å². The second kappa shape index (κ2) is 8.55. The molecule has 0 spiro atoms.